The van der Waals surface area contributed by atoms with Crippen molar-refractivity contribution in [3.8, 4) is 5.75 Å². The van der Waals surface area contributed by atoms with Crippen molar-refractivity contribution in [2.45, 2.75) is 26.9 Å². The van der Waals surface area contributed by atoms with E-state index in [-0.39, 0.29) is 11.8 Å². The molecule has 0 atom stereocenters. The van der Waals surface area contributed by atoms with Crippen LogP contribution in [0.4, 0.5) is 0 Å². The summed E-state index contributed by atoms with van der Waals surface area (Å²) in [7, 11) is 1.57. The second-order valence-corrected chi connectivity index (χ2v) is 4.99. The average molecular weight is 329 g/mol. The summed E-state index contributed by atoms with van der Waals surface area (Å²) in [4.78, 5) is 22.0. The summed E-state index contributed by atoms with van der Waals surface area (Å²) < 4.78 is 6.24. The fourth-order valence-electron chi connectivity index (χ4n) is 1.68. The van der Waals surface area contributed by atoms with Crippen molar-refractivity contribution in [3.05, 3.63) is 27.7 Å². The molecule has 0 heterocycles. The molecule has 0 saturated carbocycles. The van der Waals surface area contributed by atoms with Gasteiger partial charge in [-0.05, 0) is 12.1 Å². The maximum Gasteiger partial charge on any atom is 0.217 e. The number of hydrogen-bond acceptors (Lipinski definition) is 3. The van der Waals surface area contributed by atoms with Gasteiger partial charge in [0, 0.05) is 42.5 Å². The van der Waals surface area contributed by atoms with Crippen LogP contribution in [0.2, 0.25) is 0 Å². The molecule has 1 aromatic carbocycles. The molecule has 0 bridgehead atoms. The molecule has 19 heavy (non-hydrogen) atoms. The number of carbonyl (C=O) groups is 2. The molecule has 0 unspecified atom stereocenters. The molecule has 0 aliphatic carbocycles. The molecule has 6 heteroatoms. The van der Waals surface area contributed by atoms with Gasteiger partial charge in [-0.3, -0.25) is 9.59 Å². The fourth-order valence-corrected chi connectivity index (χ4v) is 2.23. The lowest BCUT2D eigenvalue weighted by molar-refractivity contribution is -0.119. The Morgan fingerprint density at radius 3 is 1.84 bits per heavy atom. The third-order valence-electron chi connectivity index (χ3n) is 2.47. The molecule has 0 aromatic heterocycles. The molecule has 1 rings (SSSR count). The standard InChI is InChI=1S/C13H17BrN2O3/c1-8(17)15-6-10-4-12(14)5-11(13(10)19-3)7-16-9(2)18/h4-5H,6-7H2,1-3H3,(H,15,17)(H,16,18). The molecule has 0 saturated heterocycles. The Morgan fingerprint density at radius 2 is 1.53 bits per heavy atom. The first-order chi connectivity index (χ1) is 8.93. The van der Waals surface area contributed by atoms with E-state index in [4.69, 9.17) is 4.74 Å². The Labute approximate surface area is 120 Å². The number of amides is 2. The number of ether oxygens (including phenoxy) is 1. The van der Waals surface area contributed by atoms with E-state index in [0.717, 1.165) is 15.6 Å². The molecule has 2 N–H and O–H groups in total. The number of benzene rings is 1. The summed E-state index contributed by atoms with van der Waals surface area (Å²) in [5.74, 6) is 0.460. The summed E-state index contributed by atoms with van der Waals surface area (Å²) in [6.45, 7) is 3.68. The maximum atomic E-state index is 11.0. The van der Waals surface area contributed by atoms with Crippen LogP contribution in [0.5, 0.6) is 5.75 Å². The van der Waals surface area contributed by atoms with Crippen molar-refractivity contribution in [3.63, 3.8) is 0 Å². The van der Waals surface area contributed by atoms with E-state index >= 15 is 0 Å². The zero-order chi connectivity index (χ0) is 14.4. The van der Waals surface area contributed by atoms with Gasteiger partial charge in [0.1, 0.15) is 5.75 Å². The predicted octanol–water partition coefficient (Wildman–Crippen LogP) is 1.73. The second-order valence-electron chi connectivity index (χ2n) is 4.08. The molecule has 0 fully saturated rings. The third-order valence-corrected chi connectivity index (χ3v) is 2.93. The second kappa shape index (κ2) is 7.13. The van der Waals surface area contributed by atoms with Crippen LogP contribution in [0.3, 0.4) is 0 Å². The summed E-state index contributed by atoms with van der Waals surface area (Å²) in [5.41, 5.74) is 1.71. The average Bonchev–Trinajstić information content (AvgIpc) is 2.33. The highest BCUT2D eigenvalue weighted by Crippen LogP contribution is 2.28. The monoisotopic (exact) mass is 328 g/mol. The zero-order valence-corrected chi connectivity index (χ0v) is 12.8. The molecule has 0 radical (unpaired) electrons. The summed E-state index contributed by atoms with van der Waals surface area (Å²) in [5, 5.41) is 5.46. The number of rotatable bonds is 5. The topological polar surface area (TPSA) is 67.4 Å². The Bertz CT molecular complexity index is 450. The van der Waals surface area contributed by atoms with E-state index in [9.17, 15) is 9.59 Å². The molecular weight excluding hydrogens is 312 g/mol. The van der Waals surface area contributed by atoms with Crippen molar-refractivity contribution in [1.29, 1.82) is 0 Å². The number of hydrogen-bond donors (Lipinski definition) is 2. The highest BCUT2D eigenvalue weighted by atomic mass is 79.9. The molecule has 2 amide bonds. The number of methoxy groups -OCH3 is 1. The van der Waals surface area contributed by atoms with Crippen LogP contribution in [-0.4, -0.2) is 18.9 Å². The Balaban J connectivity index is 3.01. The maximum absolute atomic E-state index is 11.0. The van der Waals surface area contributed by atoms with Crippen LogP contribution in [0, 0.1) is 0 Å². The predicted molar refractivity (Wildman–Crippen MR) is 75.7 cm³/mol. The lowest BCUT2D eigenvalue weighted by Crippen LogP contribution is -2.21. The van der Waals surface area contributed by atoms with E-state index < -0.39 is 0 Å². The largest absolute Gasteiger partial charge is 0.496 e. The zero-order valence-electron chi connectivity index (χ0n) is 11.2. The molecule has 104 valence electrons. The molecule has 0 spiro atoms. The Kier molecular flexibility index (Phi) is 5.82. The minimum absolute atomic E-state index is 0.106. The van der Waals surface area contributed by atoms with Crippen LogP contribution in [0.1, 0.15) is 25.0 Å². The highest BCUT2D eigenvalue weighted by molar-refractivity contribution is 9.10. The van der Waals surface area contributed by atoms with Gasteiger partial charge in [-0.15, -0.1) is 0 Å². The van der Waals surface area contributed by atoms with Crippen molar-refractivity contribution < 1.29 is 14.3 Å². The first-order valence-electron chi connectivity index (χ1n) is 5.78. The van der Waals surface area contributed by atoms with Gasteiger partial charge in [0.2, 0.25) is 11.8 Å². The van der Waals surface area contributed by atoms with Crippen LogP contribution >= 0.6 is 15.9 Å². The molecule has 0 aliphatic heterocycles. The molecular formula is C13H17BrN2O3. The molecule has 5 nitrogen and oxygen atoms in total. The summed E-state index contributed by atoms with van der Waals surface area (Å²) in [6.07, 6.45) is 0. The Hall–Kier alpha value is -1.56. The summed E-state index contributed by atoms with van der Waals surface area (Å²) in [6, 6.07) is 3.76. The van der Waals surface area contributed by atoms with E-state index in [2.05, 4.69) is 26.6 Å². The van der Waals surface area contributed by atoms with Gasteiger partial charge in [0.25, 0.3) is 0 Å². The van der Waals surface area contributed by atoms with Gasteiger partial charge < -0.3 is 15.4 Å². The van der Waals surface area contributed by atoms with Gasteiger partial charge in [-0.1, -0.05) is 15.9 Å². The van der Waals surface area contributed by atoms with Gasteiger partial charge in [-0.25, -0.2) is 0 Å². The van der Waals surface area contributed by atoms with Gasteiger partial charge in [-0.2, -0.15) is 0 Å². The van der Waals surface area contributed by atoms with E-state index in [1.165, 1.54) is 13.8 Å². The lowest BCUT2D eigenvalue weighted by atomic mass is 10.1. The molecule has 0 aliphatic rings. The first-order valence-corrected chi connectivity index (χ1v) is 6.57. The van der Waals surface area contributed by atoms with Crippen molar-refractivity contribution in [2.24, 2.45) is 0 Å². The summed E-state index contributed by atoms with van der Waals surface area (Å²) >= 11 is 3.41. The number of carbonyl (C=O) groups excluding carboxylic acids is 2. The molecule has 1 aromatic rings. The normalized spacial score (nSPS) is 9.89. The van der Waals surface area contributed by atoms with Crippen LogP contribution in [-0.2, 0) is 22.7 Å². The smallest absolute Gasteiger partial charge is 0.217 e. The van der Waals surface area contributed by atoms with E-state index in [1.807, 2.05) is 12.1 Å². The Morgan fingerprint density at radius 1 is 1.11 bits per heavy atom. The van der Waals surface area contributed by atoms with Gasteiger partial charge >= 0.3 is 0 Å². The lowest BCUT2D eigenvalue weighted by Gasteiger charge is -2.15. The fraction of sp³-hybridized carbons (Fsp3) is 0.385. The van der Waals surface area contributed by atoms with Gasteiger partial charge in [0.05, 0.1) is 7.11 Å². The van der Waals surface area contributed by atoms with Crippen molar-refractivity contribution in [1.82, 2.24) is 10.6 Å². The van der Waals surface area contributed by atoms with E-state index in [0.29, 0.717) is 18.8 Å². The van der Waals surface area contributed by atoms with Crippen molar-refractivity contribution in [2.75, 3.05) is 7.11 Å². The van der Waals surface area contributed by atoms with E-state index in [1.54, 1.807) is 7.11 Å². The quantitative estimate of drug-likeness (QED) is 0.865. The number of halogens is 1. The van der Waals surface area contributed by atoms with Crippen molar-refractivity contribution >= 4 is 27.7 Å². The van der Waals surface area contributed by atoms with Crippen LogP contribution < -0.4 is 15.4 Å². The minimum Gasteiger partial charge on any atom is -0.496 e. The first kappa shape index (κ1) is 15.5. The van der Waals surface area contributed by atoms with Crippen LogP contribution in [0.25, 0.3) is 0 Å². The van der Waals surface area contributed by atoms with Crippen LogP contribution in [0.15, 0.2) is 16.6 Å². The SMILES string of the molecule is COc1c(CNC(C)=O)cc(Br)cc1CNC(C)=O. The minimum atomic E-state index is -0.106. The van der Waals surface area contributed by atoms with Gasteiger partial charge in [0.15, 0.2) is 0 Å². The third kappa shape index (κ3) is 4.90. The number of nitrogens with one attached hydrogen (secondary N) is 2. The highest BCUT2D eigenvalue weighted by Gasteiger charge is 2.11.